The number of halogens is 3. The lowest BCUT2D eigenvalue weighted by Crippen LogP contribution is -2.31. The summed E-state index contributed by atoms with van der Waals surface area (Å²) in [7, 11) is 0. The van der Waals surface area contributed by atoms with Gasteiger partial charge in [0.1, 0.15) is 19.8 Å². The van der Waals surface area contributed by atoms with E-state index in [1.807, 2.05) is 0 Å². The average Bonchev–Trinajstić information content (AvgIpc) is 2.78. The molecule has 0 fully saturated rings. The van der Waals surface area contributed by atoms with E-state index in [0.717, 1.165) is 12.1 Å². The number of alkyl halides is 3. The Labute approximate surface area is 192 Å². The van der Waals surface area contributed by atoms with Crippen LogP contribution in [0.4, 0.5) is 24.5 Å². The first-order valence-electron chi connectivity index (χ1n) is 10.0. The van der Waals surface area contributed by atoms with Gasteiger partial charge in [0.25, 0.3) is 0 Å². The summed E-state index contributed by atoms with van der Waals surface area (Å²) >= 11 is 0. The third kappa shape index (κ3) is 9.46. The van der Waals surface area contributed by atoms with E-state index in [9.17, 15) is 27.6 Å². The highest BCUT2D eigenvalue weighted by Crippen LogP contribution is 2.31. The van der Waals surface area contributed by atoms with Crippen LogP contribution in [0.2, 0.25) is 0 Å². The van der Waals surface area contributed by atoms with Crippen LogP contribution in [0.1, 0.15) is 15.9 Å². The Morgan fingerprint density at radius 1 is 0.912 bits per heavy atom. The number of hydrogen-bond acceptors (Lipinski definition) is 7. The van der Waals surface area contributed by atoms with Crippen molar-refractivity contribution in [2.75, 3.05) is 44.9 Å². The minimum absolute atomic E-state index is 0.0420. The highest BCUT2D eigenvalue weighted by atomic mass is 19.4. The number of hydrogen-bond donors (Lipinski definition) is 3. The smallest absolute Gasteiger partial charge is 0.416 e. The lowest BCUT2D eigenvalue weighted by atomic mass is 10.1. The van der Waals surface area contributed by atoms with Crippen LogP contribution >= 0.6 is 0 Å². The van der Waals surface area contributed by atoms with Crippen molar-refractivity contribution in [3.63, 3.8) is 0 Å². The highest BCUT2D eigenvalue weighted by molar-refractivity contribution is 5.96. The Hall–Kier alpha value is -3.64. The molecular weight excluding hydrogens is 461 g/mol. The van der Waals surface area contributed by atoms with Gasteiger partial charge in [-0.2, -0.15) is 13.2 Å². The molecular formula is C22H23F3N2O7. The van der Waals surface area contributed by atoms with E-state index >= 15 is 0 Å². The molecule has 0 saturated heterocycles. The third-order valence-corrected chi connectivity index (χ3v) is 4.10. The van der Waals surface area contributed by atoms with Crippen molar-refractivity contribution in [1.29, 1.82) is 0 Å². The summed E-state index contributed by atoms with van der Waals surface area (Å²) in [5.74, 6) is -2.37. The molecule has 12 heteroatoms. The summed E-state index contributed by atoms with van der Waals surface area (Å²) in [6.45, 7) is -0.749. The van der Waals surface area contributed by atoms with E-state index in [2.05, 4.69) is 15.4 Å². The zero-order chi connectivity index (χ0) is 25.0. The number of amides is 1. The summed E-state index contributed by atoms with van der Waals surface area (Å²) in [6.07, 6.45) is -4.49. The monoisotopic (exact) mass is 484 g/mol. The first kappa shape index (κ1) is 26.6. The van der Waals surface area contributed by atoms with E-state index in [1.165, 1.54) is 24.3 Å². The highest BCUT2D eigenvalue weighted by Gasteiger charge is 2.30. The number of nitrogens with one attached hydrogen (secondary N) is 2. The molecule has 184 valence electrons. The fourth-order valence-electron chi connectivity index (χ4n) is 2.62. The number of carbonyl (C=O) groups excluding carboxylic acids is 2. The minimum Gasteiger partial charge on any atom is -0.480 e. The van der Waals surface area contributed by atoms with Crippen LogP contribution in [0.3, 0.4) is 0 Å². The summed E-state index contributed by atoms with van der Waals surface area (Å²) < 4.78 is 53.8. The average molecular weight is 484 g/mol. The molecule has 0 aliphatic rings. The number of anilines is 2. The Morgan fingerprint density at radius 2 is 1.68 bits per heavy atom. The number of carboxylic acid groups (broad SMARTS) is 1. The predicted octanol–water partition coefficient (Wildman–Crippen LogP) is 2.84. The quantitative estimate of drug-likeness (QED) is 0.293. The second-order valence-corrected chi connectivity index (χ2v) is 6.73. The number of para-hydroxylation sites is 1. The van der Waals surface area contributed by atoms with E-state index in [1.54, 1.807) is 12.1 Å². The number of carboxylic acids is 1. The molecule has 34 heavy (non-hydrogen) atoms. The zero-order valence-corrected chi connectivity index (χ0v) is 17.9. The standard InChI is InChI=1S/C22H23F3N2O7/c23-22(24,25)15-4-3-5-16(12-15)27-18-7-2-1-6-17(18)21(31)34-11-10-32-9-8-26-19(28)13-33-14-20(29)30/h1-7,12,27H,8-11,13-14H2,(H,26,28)(H,29,30). The maximum atomic E-state index is 12.9. The van der Waals surface area contributed by atoms with E-state index in [0.29, 0.717) is 0 Å². The molecule has 0 bridgehead atoms. The van der Waals surface area contributed by atoms with Crippen molar-refractivity contribution >= 4 is 29.2 Å². The van der Waals surface area contributed by atoms with Gasteiger partial charge in [0.05, 0.1) is 30.0 Å². The lowest BCUT2D eigenvalue weighted by Gasteiger charge is -2.13. The Bertz CT molecular complexity index is 983. The molecule has 9 nitrogen and oxygen atoms in total. The molecule has 0 aliphatic heterocycles. The molecule has 0 aliphatic carbocycles. The van der Waals surface area contributed by atoms with Gasteiger partial charge in [0.2, 0.25) is 5.91 Å². The molecule has 0 atom stereocenters. The van der Waals surface area contributed by atoms with Crippen LogP contribution < -0.4 is 10.6 Å². The normalized spacial score (nSPS) is 11.0. The van der Waals surface area contributed by atoms with Gasteiger partial charge in [-0.25, -0.2) is 9.59 Å². The zero-order valence-electron chi connectivity index (χ0n) is 17.9. The molecule has 2 aromatic rings. The fourth-order valence-corrected chi connectivity index (χ4v) is 2.62. The van der Waals surface area contributed by atoms with Crippen LogP contribution in [0.5, 0.6) is 0 Å². The Morgan fingerprint density at radius 3 is 2.41 bits per heavy atom. The van der Waals surface area contributed by atoms with Crippen LogP contribution in [-0.2, 0) is 30.0 Å². The molecule has 0 unspecified atom stereocenters. The van der Waals surface area contributed by atoms with E-state index < -0.39 is 42.8 Å². The first-order chi connectivity index (χ1) is 16.2. The van der Waals surface area contributed by atoms with Crippen molar-refractivity contribution in [3.8, 4) is 0 Å². The van der Waals surface area contributed by atoms with Crippen molar-refractivity contribution in [3.05, 3.63) is 59.7 Å². The molecule has 0 saturated carbocycles. The lowest BCUT2D eigenvalue weighted by molar-refractivity contribution is -0.143. The molecule has 0 radical (unpaired) electrons. The van der Waals surface area contributed by atoms with Gasteiger partial charge in [-0.1, -0.05) is 18.2 Å². The fraction of sp³-hybridized carbons (Fsp3) is 0.318. The van der Waals surface area contributed by atoms with Crippen LogP contribution in [0.15, 0.2) is 48.5 Å². The predicted molar refractivity (Wildman–Crippen MR) is 114 cm³/mol. The number of aliphatic carboxylic acids is 1. The van der Waals surface area contributed by atoms with Crippen molar-refractivity contribution in [2.45, 2.75) is 6.18 Å². The SMILES string of the molecule is O=C(O)COCC(=O)NCCOCCOC(=O)c1ccccc1Nc1cccc(C(F)(F)F)c1. The van der Waals surface area contributed by atoms with Crippen molar-refractivity contribution < 1.29 is 46.9 Å². The topological polar surface area (TPSA) is 123 Å². The Kier molecular flexibility index (Phi) is 10.3. The van der Waals surface area contributed by atoms with E-state index in [4.69, 9.17) is 14.6 Å². The van der Waals surface area contributed by atoms with Crippen LogP contribution in [0, 0.1) is 0 Å². The minimum atomic E-state index is -4.49. The maximum Gasteiger partial charge on any atom is 0.416 e. The summed E-state index contributed by atoms with van der Waals surface area (Å²) in [5, 5.41) is 13.7. The van der Waals surface area contributed by atoms with Crippen LogP contribution in [-0.4, -0.2) is 62.5 Å². The molecule has 2 rings (SSSR count). The number of ether oxygens (including phenoxy) is 3. The van der Waals surface area contributed by atoms with Gasteiger partial charge in [-0.15, -0.1) is 0 Å². The molecule has 0 heterocycles. The molecule has 0 aromatic heterocycles. The van der Waals surface area contributed by atoms with Gasteiger partial charge in [-0.3, -0.25) is 4.79 Å². The van der Waals surface area contributed by atoms with Crippen LogP contribution in [0.25, 0.3) is 0 Å². The van der Waals surface area contributed by atoms with Gasteiger partial charge >= 0.3 is 18.1 Å². The number of carbonyl (C=O) groups is 3. The molecule has 2 aromatic carbocycles. The van der Waals surface area contributed by atoms with Gasteiger partial charge < -0.3 is 30.0 Å². The molecule has 1 amide bonds. The van der Waals surface area contributed by atoms with Gasteiger partial charge in [0, 0.05) is 12.2 Å². The largest absolute Gasteiger partial charge is 0.480 e. The summed E-state index contributed by atoms with van der Waals surface area (Å²) in [5.41, 5.74) is -0.249. The van der Waals surface area contributed by atoms with E-state index in [-0.39, 0.29) is 43.3 Å². The van der Waals surface area contributed by atoms with Gasteiger partial charge in [0.15, 0.2) is 0 Å². The maximum absolute atomic E-state index is 12.9. The number of esters is 1. The van der Waals surface area contributed by atoms with Gasteiger partial charge in [-0.05, 0) is 30.3 Å². The second kappa shape index (κ2) is 13.2. The molecule has 0 spiro atoms. The summed E-state index contributed by atoms with van der Waals surface area (Å²) in [4.78, 5) is 34.0. The Balaban J connectivity index is 1.75. The second-order valence-electron chi connectivity index (χ2n) is 6.73. The molecule has 3 N–H and O–H groups in total. The number of benzene rings is 2. The first-order valence-corrected chi connectivity index (χ1v) is 10.0. The van der Waals surface area contributed by atoms with Crippen molar-refractivity contribution in [1.82, 2.24) is 5.32 Å². The number of rotatable bonds is 13. The summed E-state index contributed by atoms with van der Waals surface area (Å²) in [6, 6.07) is 10.8. The third-order valence-electron chi connectivity index (χ3n) is 4.10. The van der Waals surface area contributed by atoms with Crippen molar-refractivity contribution in [2.24, 2.45) is 0 Å².